The van der Waals surface area contributed by atoms with Crippen LogP contribution in [0.3, 0.4) is 0 Å². The van der Waals surface area contributed by atoms with E-state index in [1.807, 2.05) is 29.5 Å². The maximum Gasteiger partial charge on any atom is 0.224 e. The molecule has 0 radical (unpaired) electrons. The van der Waals surface area contributed by atoms with Gasteiger partial charge in [-0.15, -0.1) is 0 Å². The second kappa shape index (κ2) is 6.94. The Balaban J connectivity index is 1.49. The Morgan fingerprint density at radius 2 is 2.15 bits per heavy atom. The molecule has 3 saturated heterocycles. The van der Waals surface area contributed by atoms with Crippen molar-refractivity contribution in [1.82, 2.24) is 14.7 Å². The average Bonchev–Trinajstić information content (AvgIpc) is 2.96. The van der Waals surface area contributed by atoms with E-state index in [2.05, 4.69) is 5.10 Å². The van der Waals surface area contributed by atoms with E-state index in [9.17, 15) is 9.90 Å². The zero-order valence-electron chi connectivity index (χ0n) is 15.7. The van der Waals surface area contributed by atoms with Crippen LogP contribution in [0.15, 0.2) is 6.07 Å². The molecule has 3 fully saturated rings. The van der Waals surface area contributed by atoms with Crippen molar-refractivity contribution in [2.24, 2.45) is 11.8 Å². The number of fused-ring (bicyclic) bond motifs is 3. The van der Waals surface area contributed by atoms with Crippen LogP contribution in [0.25, 0.3) is 0 Å². The summed E-state index contributed by atoms with van der Waals surface area (Å²) in [5.74, 6) is 0.0930. The van der Waals surface area contributed by atoms with E-state index in [-0.39, 0.29) is 23.8 Å². The minimum atomic E-state index is -0.768. The molecule has 7 heteroatoms. The van der Waals surface area contributed by atoms with Gasteiger partial charge < -0.3 is 19.5 Å². The second-order valence-electron chi connectivity index (χ2n) is 8.00. The van der Waals surface area contributed by atoms with Crippen molar-refractivity contribution in [1.29, 1.82) is 0 Å². The predicted octanol–water partition coefficient (Wildman–Crippen LogP) is 0.905. The number of rotatable bonds is 3. The van der Waals surface area contributed by atoms with Crippen molar-refractivity contribution in [2.75, 3.05) is 33.0 Å². The highest BCUT2D eigenvalue weighted by Crippen LogP contribution is 2.44. The Kier molecular flexibility index (Phi) is 4.79. The van der Waals surface area contributed by atoms with Crippen molar-refractivity contribution in [3.63, 3.8) is 0 Å². The SMILES string of the molecule is Cc1cc(C)n(CCC(=O)N2C[C@H]3COCC[C@@]3(O)[C@@H]3COCC[C@@H]32)n1. The molecular weight excluding hydrogens is 334 g/mol. The summed E-state index contributed by atoms with van der Waals surface area (Å²) in [5.41, 5.74) is 1.28. The first-order valence-corrected chi connectivity index (χ1v) is 9.67. The van der Waals surface area contributed by atoms with Crippen LogP contribution in [0.5, 0.6) is 0 Å². The number of likely N-dealkylation sites (tertiary alicyclic amines) is 1. The molecule has 0 saturated carbocycles. The van der Waals surface area contributed by atoms with Crippen LogP contribution < -0.4 is 0 Å². The van der Waals surface area contributed by atoms with Gasteiger partial charge >= 0.3 is 0 Å². The second-order valence-corrected chi connectivity index (χ2v) is 8.00. The number of ether oxygens (including phenoxy) is 2. The first kappa shape index (κ1) is 17.9. The van der Waals surface area contributed by atoms with Gasteiger partial charge in [-0.2, -0.15) is 5.10 Å². The average molecular weight is 363 g/mol. The van der Waals surface area contributed by atoms with Gasteiger partial charge in [0.25, 0.3) is 0 Å². The van der Waals surface area contributed by atoms with Gasteiger partial charge in [0, 0.05) is 62.7 Å². The molecule has 7 nitrogen and oxygen atoms in total. The Morgan fingerprint density at radius 1 is 1.35 bits per heavy atom. The molecule has 0 aromatic carbocycles. The summed E-state index contributed by atoms with van der Waals surface area (Å²) in [7, 11) is 0. The summed E-state index contributed by atoms with van der Waals surface area (Å²) in [4.78, 5) is 15.0. The predicted molar refractivity (Wildman–Crippen MR) is 94.6 cm³/mol. The molecule has 0 unspecified atom stereocenters. The number of hydrogen-bond donors (Lipinski definition) is 1. The first-order valence-electron chi connectivity index (χ1n) is 9.67. The number of carbonyl (C=O) groups is 1. The Bertz CT molecular complexity index is 676. The van der Waals surface area contributed by atoms with Gasteiger partial charge in [-0.3, -0.25) is 9.48 Å². The van der Waals surface area contributed by atoms with Gasteiger partial charge in [-0.1, -0.05) is 0 Å². The van der Waals surface area contributed by atoms with Gasteiger partial charge in [0.1, 0.15) is 0 Å². The minimum absolute atomic E-state index is 0.0171. The van der Waals surface area contributed by atoms with Gasteiger partial charge in [0.05, 0.1) is 24.5 Å². The summed E-state index contributed by atoms with van der Waals surface area (Å²) in [6, 6.07) is 2.09. The minimum Gasteiger partial charge on any atom is -0.389 e. The normalized spacial score (nSPS) is 34.3. The van der Waals surface area contributed by atoms with Crippen molar-refractivity contribution in [3.8, 4) is 0 Å². The Hall–Kier alpha value is -1.44. The molecule has 1 aromatic rings. The molecule has 3 aliphatic rings. The van der Waals surface area contributed by atoms with Crippen LogP contribution in [0.2, 0.25) is 0 Å². The molecule has 1 amide bonds. The fraction of sp³-hybridized carbons (Fsp3) is 0.789. The van der Waals surface area contributed by atoms with E-state index < -0.39 is 5.60 Å². The smallest absolute Gasteiger partial charge is 0.224 e. The maximum absolute atomic E-state index is 13.0. The quantitative estimate of drug-likeness (QED) is 0.864. The molecule has 1 N–H and O–H groups in total. The molecule has 4 heterocycles. The number of piperidine rings is 1. The highest BCUT2D eigenvalue weighted by molar-refractivity contribution is 5.76. The molecule has 4 rings (SSSR count). The summed E-state index contributed by atoms with van der Waals surface area (Å²) in [5, 5.41) is 15.8. The molecular formula is C19H29N3O4. The van der Waals surface area contributed by atoms with Crippen molar-refractivity contribution in [3.05, 3.63) is 17.5 Å². The van der Waals surface area contributed by atoms with Crippen LogP contribution in [0.4, 0.5) is 0 Å². The van der Waals surface area contributed by atoms with E-state index in [0.717, 1.165) is 17.8 Å². The van der Waals surface area contributed by atoms with Crippen molar-refractivity contribution in [2.45, 2.75) is 51.3 Å². The number of carbonyl (C=O) groups excluding carboxylic acids is 1. The lowest BCUT2D eigenvalue weighted by Gasteiger charge is -2.57. The van der Waals surface area contributed by atoms with Crippen LogP contribution in [-0.2, 0) is 20.8 Å². The number of nitrogens with zero attached hydrogens (tertiary/aromatic N) is 3. The van der Waals surface area contributed by atoms with Crippen LogP contribution in [-0.4, -0.2) is 70.3 Å². The Morgan fingerprint density at radius 3 is 2.92 bits per heavy atom. The van der Waals surface area contributed by atoms with Gasteiger partial charge in [-0.25, -0.2) is 0 Å². The molecule has 0 aliphatic carbocycles. The van der Waals surface area contributed by atoms with Crippen LogP contribution in [0, 0.1) is 25.7 Å². The molecule has 26 heavy (non-hydrogen) atoms. The highest BCUT2D eigenvalue weighted by Gasteiger charge is 2.56. The highest BCUT2D eigenvalue weighted by atomic mass is 16.5. The van der Waals surface area contributed by atoms with Gasteiger partial charge in [-0.05, 0) is 26.3 Å². The third-order valence-corrected chi connectivity index (χ3v) is 6.41. The lowest BCUT2D eigenvalue weighted by molar-refractivity contribution is -0.219. The lowest BCUT2D eigenvalue weighted by Crippen LogP contribution is -2.68. The fourth-order valence-electron chi connectivity index (χ4n) is 4.99. The summed E-state index contributed by atoms with van der Waals surface area (Å²) in [6.45, 7) is 7.43. The topological polar surface area (TPSA) is 76.8 Å². The number of aryl methyl sites for hydroxylation is 3. The van der Waals surface area contributed by atoms with Crippen molar-refractivity contribution >= 4 is 5.91 Å². The number of aromatic nitrogens is 2. The molecule has 4 atom stereocenters. The third kappa shape index (κ3) is 3.06. The summed E-state index contributed by atoms with van der Waals surface area (Å²) in [6.07, 6.45) is 1.86. The maximum atomic E-state index is 13.0. The number of aliphatic hydroxyl groups is 1. The van der Waals surface area contributed by atoms with E-state index in [0.29, 0.717) is 52.4 Å². The lowest BCUT2D eigenvalue weighted by atomic mass is 9.66. The summed E-state index contributed by atoms with van der Waals surface area (Å²) >= 11 is 0. The standard InChI is InChI=1S/C19H29N3O4/c1-13-9-14(2)22(20-13)6-3-18(23)21-10-15-11-26-8-5-19(15,24)16-12-25-7-4-17(16)21/h9,15-17,24H,3-8,10-12H2,1-2H3/t15-,16+,17-,19-/m0/s1. The molecule has 0 bridgehead atoms. The molecule has 144 valence electrons. The first-order chi connectivity index (χ1) is 12.5. The third-order valence-electron chi connectivity index (χ3n) is 6.41. The van der Waals surface area contributed by atoms with Crippen LogP contribution in [0.1, 0.15) is 30.7 Å². The van der Waals surface area contributed by atoms with Crippen LogP contribution >= 0.6 is 0 Å². The zero-order chi connectivity index (χ0) is 18.3. The number of hydrogen-bond acceptors (Lipinski definition) is 5. The van der Waals surface area contributed by atoms with Gasteiger partial charge in [0.2, 0.25) is 5.91 Å². The summed E-state index contributed by atoms with van der Waals surface area (Å²) < 4.78 is 13.2. The fourth-order valence-corrected chi connectivity index (χ4v) is 4.99. The zero-order valence-corrected chi connectivity index (χ0v) is 15.7. The molecule has 1 aromatic heterocycles. The largest absolute Gasteiger partial charge is 0.389 e. The van der Waals surface area contributed by atoms with Gasteiger partial charge in [0.15, 0.2) is 0 Å². The van der Waals surface area contributed by atoms with Crippen molar-refractivity contribution < 1.29 is 19.4 Å². The monoisotopic (exact) mass is 363 g/mol. The van der Waals surface area contributed by atoms with E-state index in [1.54, 1.807) is 0 Å². The number of amides is 1. The van der Waals surface area contributed by atoms with E-state index in [4.69, 9.17) is 9.47 Å². The molecule has 3 aliphatic heterocycles. The van der Waals surface area contributed by atoms with E-state index >= 15 is 0 Å². The van der Waals surface area contributed by atoms with E-state index in [1.165, 1.54) is 0 Å². The molecule has 0 spiro atoms. The Labute approximate surface area is 154 Å².